The molecule has 156 valence electrons. The third-order valence-electron chi connectivity index (χ3n) is 5.86. The summed E-state index contributed by atoms with van der Waals surface area (Å²) in [6.45, 7) is 5.99. The Kier molecular flexibility index (Phi) is 5.39. The summed E-state index contributed by atoms with van der Waals surface area (Å²) in [5.74, 6) is -0.738. The Balaban J connectivity index is 1.67. The molecular weight excluding hydrogens is 387 g/mol. The predicted octanol–water partition coefficient (Wildman–Crippen LogP) is 2.90. The smallest absolute Gasteiger partial charge is 0.269 e. The summed E-state index contributed by atoms with van der Waals surface area (Å²) in [5, 5.41) is 14.1. The molecule has 2 atom stereocenters. The minimum Gasteiger partial charge on any atom is -0.368 e. The van der Waals surface area contributed by atoms with Gasteiger partial charge in [0.25, 0.3) is 5.69 Å². The van der Waals surface area contributed by atoms with Gasteiger partial charge in [-0.2, -0.15) is 0 Å². The maximum Gasteiger partial charge on any atom is 0.269 e. The van der Waals surface area contributed by atoms with Gasteiger partial charge in [0, 0.05) is 49.7 Å². The molecule has 1 fully saturated rings. The minimum atomic E-state index is -0.411. The number of nitro groups is 1. The molecule has 1 N–H and O–H groups in total. The second-order valence-corrected chi connectivity index (χ2v) is 7.60. The Morgan fingerprint density at radius 3 is 2.73 bits per heavy atom. The Labute approximate surface area is 173 Å². The number of carbonyl (C=O) groups excluding carboxylic acids is 1. The number of nitrogens with zero attached hydrogens (tertiary/aromatic N) is 3. The van der Waals surface area contributed by atoms with E-state index in [1.807, 2.05) is 0 Å². The number of halogens is 1. The normalized spacial score (nSPS) is 20.2. The van der Waals surface area contributed by atoms with E-state index in [1.165, 1.54) is 18.2 Å². The Morgan fingerprint density at radius 2 is 2.03 bits per heavy atom. The van der Waals surface area contributed by atoms with Crippen molar-refractivity contribution < 1.29 is 14.1 Å². The first kappa shape index (κ1) is 19.9. The van der Waals surface area contributed by atoms with Crippen LogP contribution >= 0.6 is 0 Å². The lowest BCUT2D eigenvalue weighted by Gasteiger charge is -2.49. The Morgan fingerprint density at radius 1 is 1.27 bits per heavy atom. The number of fused-ring (bicyclic) bond motifs is 3. The third-order valence-corrected chi connectivity index (χ3v) is 5.86. The molecule has 2 aliphatic rings. The highest BCUT2D eigenvalue weighted by atomic mass is 19.1. The number of rotatable bonds is 5. The average Bonchev–Trinajstić information content (AvgIpc) is 2.76. The Bertz CT molecular complexity index is 979. The van der Waals surface area contributed by atoms with Crippen LogP contribution in [0.25, 0.3) is 0 Å². The number of nitro benzene ring substituents is 1. The van der Waals surface area contributed by atoms with Gasteiger partial charge in [0.15, 0.2) is 0 Å². The minimum absolute atomic E-state index is 0.0300. The van der Waals surface area contributed by atoms with Gasteiger partial charge in [-0.1, -0.05) is 6.08 Å². The van der Waals surface area contributed by atoms with Crippen LogP contribution < -0.4 is 15.1 Å². The van der Waals surface area contributed by atoms with Gasteiger partial charge < -0.3 is 15.1 Å². The molecule has 0 spiro atoms. The predicted molar refractivity (Wildman–Crippen MR) is 113 cm³/mol. The summed E-state index contributed by atoms with van der Waals surface area (Å²) in [5.41, 5.74) is 2.70. The van der Waals surface area contributed by atoms with Crippen LogP contribution in [0.1, 0.15) is 5.56 Å². The summed E-state index contributed by atoms with van der Waals surface area (Å²) in [6.07, 6.45) is 2.06. The topological polar surface area (TPSA) is 78.7 Å². The fraction of sp³-hybridized carbons (Fsp3) is 0.318. The number of amides is 1. The second kappa shape index (κ2) is 8.14. The van der Waals surface area contributed by atoms with Gasteiger partial charge in [0.1, 0.15) is 5.82 Å². The number of hydrogen-bond acceptors (Lipinski definition) is 5. The van der Waals surface area contributed by atoms with E-state index in [9.17, 15) is 19.3 Å². The van der Waals surface area contributed by atoms with E-state index in [1.54, 1.807) is 30.3 Å². The number of piperazine rings is 1. The highest BCUT2D eigenvalue weighted by molar-refractivity contribution is 5.82. The lowest BCUT2D eigenvalue weighted by atomic mass is 9.83. The van der Waals surface area contributed by atoms with Gasteiger partial charge in [0.2, 0.25) is 5.91 Å². The quantitative estimate of drug-likeness (QED) is 0.466. The van der Waals surface area contributed by atoms with Crippen LogP contribution in [0.2, 0.25) is 0 Å². The summed E-state index contributed by atoms with van der Waals surface area (Å²) < 4.78 is 13.3. The molecule has 2 aliphatic heterocycles. The first-order valence-electron chi connectivity index (χ1n) is 9.91. The molecule has 2 unspecified atom stereocenters. The SMILES string of the molecule is C=CCNC(=O)C1Cc2cc([N+](=O)[O-])ccc2N2CCN(c3ccc(F)cc3)CC12. The molecule has 1 amide bonds. The van der Waals surface area contributed by atoms with E-state index in [2.05, 4.69) is 21.7 Å². The molecule has 30 heavy (non-hydrogen) atoms. The molecule has 4 rings (SSSR count). The monoisotopic (exact) mass is 410 g/mol. The van der Waals surface area contributed by atoms with Gasteiger partial charge >= 0.3 is 0 Å². The van der Waals surface area contributed by atoms with Crippen LogP contribution in [0.3, 0.4) is 0 Å². The molecule has 0 aromatic heterocycles. The molecular formula is C22H23FN4O3. The second-order valence-electron chi connectivity index (χ2n) is 7.60. The molecule has 7 nitrogen and oxygen atoms in total. The average molecular weight is 410 g/mol. The van der Waals surface area contributed by atoms with Gasteiger partial charge in [-0.25, -0.2) is 4.39 Å². The molecule has 2 aromatic carbocycles. The molecule has 1 saturated heterocycles. The summed E-state index contributed by atoms with van der Waals surface area (Å²) in [7, 11) is 0. The van der Waals surface area contributed by atoms with Crippen LogP contribution in [-0.2, 0) is 11.2 Å². The molecule has 0 bridgehead atoms. The lowest BCUT2D eigenvalue weighted by molar-refractivity contribution is -0.384. The fourth-order valence-corrected chi connectivity index (χ4v) is 4.41. The fourth-order valence-electron chi connectivity index (χ4n) is 4.41. The van der Waals surface area contributed by atoms with E-state index in [-0.39, 0.29) is 29.4 Å². The number of non-ortho nitro benzene ring substituents is 1. The van der Waals surface area contributed by atoms with E-state index < -0.39 is 4.92 Å². The van der Waals surface area contributed by atoms with Crippen molar-refractivity contribution in [2.45, 2.75) is 12.5 Å². The van der Waals surface area contributed by atoms with E-state index >= 15 is 0 Å². The highest BCUT2D eigenvalue weighted by Crippen LogP contribution is 2.38. The number of benzene rings is 2. The summed E-state index contributed by atoms with van der Waals surface area (Å²) >= 11 is 0. The molecule has 0 saturated carbocycles. The lowest BCUT2D eigenvalue weighted by Crippen LogP contribution is -2.61. The molecule has 8 heteroatoms. The van der Waals surface area contributed by atoms with Crippen molar-refractivity contribution in [3.8, 4) is 0 Å². The number of nitrogens with one attached hydrogen (secondary N) is 1. The maximum absolute atomic E-state index is 13.3. The highest BCUT2D eigenvalue weighted by Gasteiger charge is 2.42. The standard InChI is InChI=1S/C22H23FN4O3/c1-2-9-24-22(28)19-13-15-12-18(27(29)30)7-8-20(15)26-11-10-25(14-21(19)26)17-5-3-16(23)4-6-17/h2-8,12,19,21H,1,9-11,13-14H2,(H,24,28). The van der Waals surface area contributed by atoms with E-state index in [0.717, 1.165) is 16.9 Å². The summed E-state index contributed by atoms with van der Waals surface area (Å²) in [6, 6.07) is 11.1. The van der Waals surface area contributed by atoms with E-state index in [0.29, 0.717) is 32.6 Å². The van der Waals surface area contributed by atoms with Crippen molar-refractivity contribution in [2.24, 2.45) is 5.92 Å². The Hall–Kier alpha value is -3.42. The van der Waals surface area contributed by atoms with Crippen LogP contribution in [0.5, 0.6) is 0 Å². The van der Waals surface area contributed by atoms with Crippen molar-refractivity contribution in [3.63, 3.8) is 0 Å². The third kappa shape index (κ3) is 3.72. The zero-order valence-corrected chi connectivity index (χ0v) is 16.5. The zero-order chi connectivity index (χ0) is 21.3. The van der Waals surface area contributed by atoms with Crippen LogP contribution in [0.15, 0.2) is 55.1 Å². The van der Waals surface area contributed by atoms with Gasteiger partial charge in [-0.15, -0.1) is 6.58 Å². The van der Waals surface area contributed by atoms with Gasteiger partial charge in [-0.3, -0.25) is 14.9 Å². The number of anilines is 2. The van der Waals surface area contributed by atoms with Gasteiger partial charge in [0.05, 0.1) is 16.9 Å². The molecule has 0 radical (unpaired) electrons. The van der Waals surface area contributed by atoms with Crippen molar-refractivity contribution in [1.82, 2.24) is 5.32 Å². The van der Waals surface area contributed by atoms with Crippen LogP contribution in [-0.4, -0.2) is 43.1 Å². The number of carbonyl (C=O) groups is 1. The molecule has 2 aromatic rings. The number of hydrogen-bond donors (Lipinski definition) is 1. The zero-order valence-electron chi connectivity index (χ0n) is 16.5. The van der Waals surface area contributed by atoms with Crippen LogP contribution in [0, 0.1) is 21.8 Å². The van der Waals surface area contributed by atoms with Crippen molar-refractivity contribution in [1.29, 1.82) is 0 Å². The van der Waals surface area contributed by atoms with E-state index in [4.69, 9.17) is 0 Å². The molecule has 2 heterocycles. The summed E-state index contributed by atoms with van der Waals surface area (Å²) in [4.78, 5) is 28.1. The van der Waals surface area contributed by atoms with Crippen molar-refractivity contribution in [3.05, 3.63) is 76.6 Å². The first-order valence-corrected chi connectivity index (χ1v) is 9.91. The van der Waals surface area contributed by atoms with Crippen molar-refractivity contribution in [2.75, 3.05) is 36.0 Å². The van der Waals surface area contributed by atoms with Crippen LogP contribution in [0.4, 0.5) is 21.5 Å². The first-order chi connectivity index (χ1) is 14.5. The maximum atomic E-state index is 13.3. The van der Waals surface area contributed by atoms with Gasteiger partial charge in [-0.05, 0) is 42.3 Å². The molecule has 0 aliphatic carbocycles. The largest absolute Gasteiger partial charge is 0.368 e. The van der Waals surface area contributed by atoms with Crippen molar-refractivity contribution >= 4 is 23.0 Å².